The largest absolute Gasteiger partial charge is 0.311 e. The minimum absolute atomic E-state index is 0.356. The van der Waals surface area contributed by atoms with E-state index < -0.39 is 0 Å². The third kappa shape index (κ3) is 1.76. The summed E-state index contributed by atoms with van der Waals surface area (Å²) in [6.45, 7) is 1.17. The molecule has 3 rings (SSSR count). The maximum absolute atomic E-state index is 5.80. The fraction of sp³-hybridized carbons (Fsp3) is 0.462. The van der Waals surface area contributed by atoms with Crippen LogP contribution in [0.2, 0.25) is 5.15 Å². The van der Waals surface area contributed by atoms with Gasteiger partial charge in [-0.15, -0.1) is 0 Å². The molecule has 1 fully saturated rings. The summed E-state index contributed by atoms with van der Waals surface area (Å²) in [5.74, 6) is 0. The van der Waals surface area contributed by atoms with Gasteiger partial charge in [0.25, 0.3) is 0 Å². The molecule has 1 spiro atoms. The molecule has 2 heterocycles. The molecule has 16 heavy (non-hydrogen) atoms. The van der Waals surface area contributed by atoms with Gasteiger partial charge in [0.05, 0.1) is 0 Å². The Balaban J connectivity index is 1.80. The minimum Gasteiger partial charge on any atom is -0.311 e. The highest BCUT2D eigenvalue weighted by Crippen LogP contribution is 2.40. The van der Waals surface area contributed by atoms with Crippen LogP contribution in [0.5, 0.6) is 0 Å². The van der Waals surface area contributed by atoms with E-state index in [4.69, 9.17) is 11.6 Å². The average molecular weight is 235 g/mol. The maximum Gasteiger partial charge on any atom is 0.129 e. The Labute approximate surface area is 101 Å². The molecule has 1 aromatic heterocycles. The zero-order valence-electron chi connectivity index (χ0n) is 9.17. The molecular weight excluding hydrogens is 220 g/mol. The molecule has 2 aliphatic rings. The van der Waals surface area contributed by atoms with Crippen molar-refractivity contribution >= 4 is 17.2 Å². The van der Waals surface area contributed by atoms with E-state index in [0.717, 1.165) is 12.8 Å². The summed E-state index contributed by atoms with van der Waals surface area (Å²) >= 11 is 5.80. The van der Waals surface area contributed by atoms with Gasteiger partial charge in [0.1, 0.15) is 5.15 Å². The standard InChI is InChI=1S/C13H15ClN2/c14-12-3-2-11(9-15-12)10-4-6-13(8-10)5-1-7-16-13/h2-4,9,16H,1,5-8H2. The second kappa shape index (κ2) is 3.86. The smallest absolute Gasteiger partial charge is 0.129 e. The van der Waals surface area contributed by atoms with Crippen molar-refractivity contribution in [2.45, 2.75) is 31.2 Å². The molecule has 1 aliphatic carbocycles. The Bertz CT molecular complexity index is 416. The molecule has 1 unspecified atom stereocenters. The van der Waals surface area contributed by atoms with Gasteiger partial charge in [0, 0.05) is 11.7 Å². The topological polar surface area (TPSA) is 24.9 Å². The number of nitrogens with one attached hydrogen (secondary N) is 1. The summed E-state index contributed by atoms with van der Waals surface area (Å²) in [7, 11) is 0. The van der Waals surface area contributed by atoms with Gasteiger partial charge in [-0.25, -0.2) is 4.98 Å². The lowest BCUT2D eigenvalue weighted by atomic mass is 9.92. The summed E-state index contributed by atoms with van der Waals surface area (Å²) in [5.41, 5.74) is 2.99. The van der Waals surface area contributed by atoms with Gasteiger partial charge in [-0.05, 0) is 49.4 Å². The third-order valence-corrected chi connectivity index (χ3v) is 3.92. The fourth-order valence-electron chi connectivity index (χ4n) is 2.81. The van der Waals surface area contributed by atoms with Gasteiger partial charge in [0.2, 0.25) is 0 Å². The van der Waals surface area contributed by atoms with Crippen LogP contribution in [0.4, 0.5) is 0 Å². The van der Waals surface area contributed by atoms with E-state index in [1.54, 1.807) is 0 Å². The first-order valence-corrected chi connectivity index (χ1v) is 6.21. The molecule has 2 nitrogen and oxygen atoms in total. The molecule has 84 valence electrons. The Morgan fingerprint density at radius 3 is 3.00 bits per heavy atom. The Morgan fingerprint density at radius 2 is 2.31 bits per heavy atom. The van der Waals surface area contributed by atoms with Crippen LogP contribution < -0.4 is 5.32 Å². The molecule has 0 radical (unpaired) electrons. The number of nitrogens with zero attached hydrogens (tertiary/aromatic N) is 1. The Morgan fingerprint density at radius 1 is 1.38 bits per heavy atom. The van der Waals surface area contributed by atoms with E-state index in [9.17, 15) is 0 Å². The zero-order chi connectivity index (χ0) is 11.0. The van der Waals surface area contributed by atoms with Crippen molar-refractivity contribution in [3.63, 3.8) is 0 Å². The number of pyridine rings is 1. The van der Waals surface area contributed by atoms with Crippen LogP contribution in [-0.4, -0.2) is 17.1 Å². The van der Waals surface area contributed by atoms with Crippen LogP contribution >= 0.6 is 11.6 Å². The minimum atomic E-state index is 0.356. The predicted octanol–water partition coefficient (Wildman–Crippen LogP) is 3.03. The molecule has 0 saturated carbocycles. The maximum atomic E-state index is 5.80. The summed E-state index contributed by atoms with van der Waals surface area (Å²) in [4.78, 5) is 4.14. The van der Waals surface area contributed by atoms with Gasteiger partial charge in [-0.1, -0.05) is 23.7 Å². The van der Waals surface area contributed by atoms with E-state index >= 15 is 0 Å². The molecule has 1 aliphatic heterocycles. The Kier molecular flexibility index (Phi) is 2.49. The van der Waals surface area contributed by atoms with Crippen LogP contribution in [0.1, 0.15) is 31.2 Å². The molecule has 0 bridgehead atoms. The van der Waals surface area contributed by atoms with Gasteiger partial charge >= 0.3 is 0 Å². The summed E-state index contributed by atoms with van der Waals surface area (Å²) in [6.07, 6.45) is 9.13. The van der Waals surface area contributed by atoms with Crippen molar-refractivity contribution in [1.82, 2.24) is 10.3 Å². The number of halogens is 1. The number of hydrogen-bond acceptors (Lipinski definition) is 2. The highest BCUT2D eigenvalue weighted by Gasteiger charge is 2.36. The van der Waals surface area contributed by atoms with E-state index in [-0.39, 0.29) is 0 Å². The SMILES string of the molecule is Clc1ccc(C2=CCC3(CCCN3)C2)cn1. The lowest BCUT2D eigenvalue weighted by Crippen LogP contribution is -2.36. The van der Waals surface area contributed by atoms with E-state index in [1.807, 2.05) is 12.3 Å². The summed E-state index contributed by atoms with van der Waals surface area (Å²) < 4.78 is 0. The van der Waals surface area contributed by atoms with Crippen LogP contribution in [0, 0.1) is 0 Å². The van der Waals surface area contributed by atoms with Crippen molar-refractivity contribution in [2.75, 3.05) is 6.54 Å². The molecule has 1 N–H and O–H groups in total. The lowest BCUT2D eigenvalue weighted by molar-refractivity contribution is 0.406. The van der Waals surface area contributed by atoms with Crippen molar-refractivity contribution in [3.8, 4) is 0 Å². The molecule has 1 aromatic rings. The van der Waals surface area contributed by atoms with Crippen molar-refractivity contribution in [3.05, 3.63) is 35.1 Å². The second-order valence-electron chi connectivity index (χ2n) is 4.79. The van der Waals surface area contributed by atoms with Gasteiger partial charge < -0.3 is 5.32 Å². The zero-order valence-corrected chi connectivity index (χ0v) is 9.93. The molecule has 1 saturated heterocycles. The molecule has 3 heteroatoms. The number of rotatable bonds is 1. The second-order valence-corrected chi connectivity index (χ2v) is 5.18. The van der Waals surface area contributed by atoms with Crippen LogP contribution in [0.25, 0.3) is 5.57 Å². The van der Waals surface area contributed by atoms with Crippen LogP contribution in [-0.2, 0) is 0 Å². The highest BCUT2D eigenvalue weighted by molar-refractivity contribution is 6.29. The summed E-state index contributed by atoms with van der Waals surface area (Å²) in [6, 6.07) is 3.93. The van der Waals surface area contributed by atoms with E-state index in [0.29, 0.717) is 10.7 Å². The highest BCUT2D eigenvalue weighted by atomic mass is 35.5. The van der Waals surface area contributed by atoms with Gasteiger partial charge in [-0.2, -0.15) is 0 Å². The fourth-order valence-corrected chi connectivity index (χ4v) is 2.92. The van der Waals surface area contributed by atoms with E-state index in [2.05, 4.69) is 22.4 Å². The monoisotopic (exact) mass is 234 g/mol. The first-order valence-electron chi connectivity index (χ1n) is 5.83. The summed E-state index contributed by atoms with van der Waals surface area (Å²) in [5, 5.41) is 4.21. The molecule has 0 amide bonds. The number of aromatic nitrogens is 1. The average Bonchev–Trinajstić information content (AvgIpc) is 2.91. The lowest BCUT2D eigenvalue weighted by Gasteiger charge is -2.23. The first-order chi connectivity index (χ1) is 7.77. The van der Waals surface area contributed by atoms with Crippen LogP contribution in [0.3, 0.4) is 0 Å². The van der Waals surface area contributed by atoms with Crippen molar-refractivity contribution in [2.24, 2.45) is 0 Å². The molecule has 0 aromatic carbocycles. The van der Waals surface area contributed by atoms with Crippen LogP contribution in [0.15, 0.2) is 24.4 Å². The molecule has 1 atom stereocenters. The van der Waals surface area contributed by atoms with E-state index in [1.165, 1.54) is 30.5 Å². The Hall–Kier alpha value is -0.860. The molecular formula is C13H15ClN2. The van der Waals surface area contributed by atoms with Crippen molar-refractivity contribution < 1.29 is 0 Å². The normalized spacial score (nSPS) is 28.7. The quantitative estimate of drug-likeness (QED) is 0.756. The first kappa shape index (κ1) is 10.3. The predicted molar refractivity (Wildman–Crippen MR) is 66.4 cm³/mol. The third-order valence-electron chi connectivity index (χ3n) is 3.70. The van der Waals surface area contributed by atoms with Gasteiger partial charge in [0.15, 0.2) is 0 Å². The number of hydrogen-bond donors (Lipinski definition) is 1. The van der Waals surface area contributed by atoms with Gasteiger partial charge in [-0.3, -0.25) is 0 Å². The van der Waals surface area contributed by atoms with Crippen molar-refractivity contribution in [1.29, 1.82) is 0 Å².